The average Bonchev–Trinajstić information content (AvgIpc) is 2.56. The number of carbonyl (C=O) groups excluding carboxylic acids is 2. The number of aryl methyl sites for hydroxylation is 1. The molecule has 1 saturated heterocycles. The van der Waals surface area contributed by atoms with E-state index in [9.17, 15) is 9.59 Å². The molecule has 5 heteroatoms. The van der Waals surface area contributed by atoms with Crippen LogP contribution in [0.1, 0.15) is 42.1 Å². The molecule has 1 aromatic carbocycles. The molecule has 0 saturated carbocycles. The van der Waals surface area contributed by atoms with Crippen LogP contribution in [-0.2, 0) is 4.79 Å². The van der Waals surface area contributed by atoms with E-state index in [2.05, 4.69) is 12.2 Å². The minimum absolute atomic E-state index is 0.0918. The number of nitrogens with one attached hydrogen (secondary N) is 1. The van der Waals surface area contributed by atoms with Crippen molar-refractivity contribution >= 4 is 23.6 Å². The summed E-state index contributed by atoms with van der Waals surface area (Å²) in [6.07, 6.45) is 2.26. The van der Waals surface area contributed by atoms with Crippen LogP contribution < -0.4 is 5.32 Å². The zero-order valence-corrected chi connectivity index (χ0v) is 14.8. The van der Waals surface area contributed by atoms with Gasteiger partial charge in [0.1, 0.15) is 0 Å². The maximum absolute atomic E-state index is 12.5. The van der Waals surface area contributed by atoms with Gasteiger partial charge in [0, 0.05) is 36.9 Å². The fourth-order valence-corrected chi connectivity index (χ4v) is 3.33. The summed E-state index contributed by atoms with van der Waals surface area (Å²) in [6, 6.07) is 7.91. The number of likely N-dealkylation sites (tertiary alicyclic amines) is 1. The van der Waals surface area contributed by atoms with Gasteiger partial charge in [-0.15, -0.1) is 0 Å². The lowest BCUT2D eigenvalue weighted by molar-refractivity contribution is -0.121. The van der Waals surface area contributed by atoms with Crippen molar-refractivity contribution in [2.24, 2.45) is 0 Å². The molecule has 0 aromatic heterocycles. The Labute approximate surface area is 143 Å². The lowest BCUT2D eigenvalue weighted by atomic mass is 10.0. The number of hydrogen-bond acceptors (Lipinski definition) is 3. The Hall–Kier alpha value is -1.49. The molecule has 1 fully saturated rings. The third-order valence-corrected chi connectivity index (χ3v) is 5.02. The maximum Gasteiger partial charge on any atom is 0.253 e. The minimum Gasteiger partial charge on any atom is -0.353 e. The lowest BCUT2D eigenvalue weighted by Crippen LogP contribution is -2.46. The molecule has 23 heavy (non-hydrogen) atoms. The van der Waals surface area contributed by atoms with Gasteiger partial charge in [0.2, 0.25) is 5.91 Å². The fourth-order valence-electron chi connectivity index (χ4n) is 2.71. The van der Waals surface area contributed by atoms with Crippen molar-refractivity contribution in [3.8, 4) is 0 Å². The molecule has 0 bridgehead atoms. The van der Waals surface area contributed by atoms with Crippen molar-refractivity contribution in [2.75, 3.05) is 24.6 Å². The van der Waals surface area contributed by atoms with E-state index in [1.807, 2.05) is 36.1 Å². The van der Waals surface area contributed by atoms with Crippen LogP contribution in [0.25, 0.3) is 0 Å². The van der Waals surface area contributed by atoms with Crippen molar-refractivity contribution < 1.29 is 9.59 Å². The van der Waals surface area contributed by atoms with Crippen LogP contribution in [0, 0.1) is 6.92 Å². The second-order valence-corrected chi connectivity index (χ2v) is 7.34. The van der Waals surface area contributed by atoms with E-state index in [0.29, 0.717) is 19.5 Å². The summed E-state index contributed by atoms with van der Waals surface area (Å²) in [7, 11) is 0. The summed E-state index contributed by atoms with van der Waals surface area (Å²) >= 11 is 1.79. The first-order valence-corrected chi connectivity index (χ1v) is 9.48. The highest BCUT2D eigenvalue weighted by Gasteiger charge is 2.24. The van der Waals surface area contributed by atoms with E-state index >= 15 is 0 Å². The lowest BCUT2D eigenvalue weighted by Gasteiger charge is -2.32. The monoisotopic (exact) mass is 334 g/mol. The largest absolute Gasteiger partial charge is 0.353 e. The van der Waals surface area contributed by atoms with Gasteiger partial charge in [-0.3, -0.25) is 9.59 Å². The molecule has 0 atom stereocenters. The van der Waals surface area contributed by atoms with Crippen molar-refractivity contribution in [1.82, 2.24) is 10.2 Å². The highest BCUT2D eigenvalue weighted by Crippen LogP contribution is 2.15. The van der Waals surface area contributed by atoms with E-state index in [0.717, 1.165) is 35.5 Å². The quantitative estimate of drug-likeness (QED) is 0.814. The van der Waals surface area contributed by atoms with E-state index < -0.39 is 0 Å². The van der Waals surface area contributed by atoms with Gasteiger partial charge in [-0.05, 0) is 37.7 Å². The van der Waals surface area contributed by atoms with E-state index in [4.69, 9.17) is 0 Å². The Balaban J connectivity index is 1.76. The molecule has 1 N–H and O–H groups in total. The third kappa shape index (κ3) is 5.57. The molecule has 1 aliphatic rings. The average molecular weight is 334 g/mol. The van der Waals surface area contributed by atoms with Gasteiger partial charge >= 0.3 is 0 Å². The molecule has 2 rings (SSSR count). The minimum atomic E-state index is 0.0918. The first-order chi connectivity index (χ1) is 11.1. The number of hydrogen-bond donors (Lipinski definition) is 1. The second-order valence-electron chi connectivity index (χ2n) is 5.95. The van der Waals surface area contributed by atoms with Gasteiger partial charge in [-0.1, -0.05) is 24.6 Å². The van der Waals surface area contributed by atoms with Crippen LogP contribution in [0.3, 0.4) is 0 Å². The summed E-state index contributed by atoms with van der Waals surface area (Å²) in [6.45, 7) is 5.54. The van der Waals surface area contributed by atoms with Crippen molar-refractivity contribution in [2.45, 2.75) is 39.2 Å². The van der Waals surface area contributed by atoms with Crippen LogP contribution in [0.4, 0.5) is 0 Å². The van der Waals surface area contributed by atoms with Crippen LogP contribution in [0.5, 0.6) is 0 Å². The molecule has 126 valence electrons. The highest BCUT2D eigenvalue weighted by molar-refractivity contribution is 7.99. The van der Waals surface area contributed by atoms with Gasteiger partial charge in [0.25, 0.3) is 5.91 Å². The van der Waals surface area contributed by atoms with E-state index in [1.165, 1.54) is 0 Å². The predicted octanol–water partition coefficient (Wildman–Crippen LogP) is 2.86. The van der Waals surface area contributed by atoms with Crippen LogP contribution >= 0.6 is 11.8 Å². The molecule has 4 nitrogen and oxygen atoms in total. The first-order valence-electron chi connectivity index (χ1n) is 8.33. The molecular formula is C18H26N2O2S. The van der Waals surface area contributed by atoms with Gasteiger partial charge in [0.05, 0.1) is 0 Å². The zero-order chi connectivity index (χ0) is 16.7. The summed E-state index contributed by atoms with van der Waals surface area (Å²) in [4.78, 5) is 26.2. The van der Waals surface area contributed by atoms with E-state index in [-0.39, 0.29) is 17.9 Å². The summed E-state index contributed by atoms with van der Waals surface area (Å²) in [5.41, 5.74) is 1.90. The Bertz CT molecular complexity index is 522. The first kappa shape index (κ1) is 17.9. The highest BCUT2D eigenvalue weighted by atomic mass is 32.2. The Morgan fingerprint density at radius 2 is 1.87 bits per heavy atom. The van der Waals surface area contributed by atoms with Crippen molar-refractivity contribution in [3.05, 3.63) is 35.4 Å². The predicted molar refractivity (Wildman–Crippen MR) is 95.9 cm³/mol. The molecule has 0 unspecified atom stereocenters. The number of amides is 2. The molecule has 1 aromatic rings. The van der Waals surface area contributed by atoms with Crippen molar-refractivity contribution in [3.63, 3.8) is 0 Å². The number of carbonyl (C=O) groups is 2. The van der Waals surface area contributed by atoms with Crippen LogP contribution in [0.15, 0.2) is 24.3 Å². The summed E-state index contributed by atoms with van der Waals surface area (Å²) < 4.78 is 0. The van der Waals surface area contributed by atoms with Crippen molar-refractivity contribution in [1.29, 1.82) is 0 Å². The normalized spacial score (nSPS) is 15.5. The molecule has 0 aliphatic carbocycles. The molecule has 1 aliphatic heterocycles. The number of piperidine rings is 1. The fraction of sp³-hybridized carbons (Fsp3) is 0.556. The summed E-state index contributed by atoms with van der Waals surface area (Å²) in [5.74, 6) is 2.16. The number of thioether (sulfide) groups is 1. The standard InChI is InChI=1S/C18H26N2O2S/c1-3-23-13-10-17(21)19-16-8-11-20(12-9-16)18(22)15-6-4-14(2)5-7-15/h4-7,16H,3,8-13H2,1-2H3,(H,19,21). The Morgan fingerprint density at radius 1 is 1.22 bits per heavy atom. The number of benzene rings is 1. The number of rotatable bonds is 6. The SMILES string of the molecule is CCSCCC(=O)NC1CCN(C(=O)c2ccc(C)cc2)CC1. The van der Waals surface area contributed by atoms with Gasteiger partial charge in [0.15, 0.2) is 0 Å². The van der Waals surface area contributed by atoms with Gasteiger partial charge in [-0.25, -0.2) is 0 Å². The van der Waals surface area contributed by atoms with Gasteiger partial charge < -0.3 is 10.2 Å². The Morgan fingerprint density at radius 3 is 2.48 bits per heavy atom. The second kappa shape index (κ2) is 8.96. The third-order valence-electron chi connectivity index (χ3n) is 4.12. The maximum atomic E-state index is 12.5. The zero-order valence-electron chi connectivity index (χ0n) is 14.0. The number of nitrogens with zero attached hydrogens (tertiary/aromatic N) is 1. The molecule has 0 radical (unpaired) electrons. The topological polar surface area (TPSA) is 49.4 Å². The Kier molecular flexibility index (Phi) is 6.96. The molecular weight excluding hydrogens is 308 g/mol. The van der Waals surface area contributed by atoms with Gasteiger partial charge in [-0.2, -0.15) is 11.8 Å². The van der Waals surface area contributed by atoms with Crippen LogP contribution in [0.2, 0.25) is 0 Å². The molecule has 2 amide bonds. The molecule has 0 spiro atoms. The molecule has 1 heterocycles. The van der Waals surface area contributed by atoms with E-state index in [1.54, 1.807) is 11.8 Å². The van der Waals surface area contributed by atoms with Crippen LogP contribution in [-0.4, -0.2) is 47.4 Å². The smallest absolute Gasteiger partial charge is 0.253 e. The summed E-state index contributed by atoms with van der Waals surface area (Å²) in [5, 5.41) is 3.09.